The summed E-state index contributed by atoms with van der Waals surface area (Å²) in [6.45, 7) is 5.16. The monoisotopic (exact) mass is 376 g/mol. The minimum atomic E-state index is -0.210. The number of aryl methyl sites for hydroxylation is 2. The average molecular weight is 376 g/mol. The van der Waals surface area contributed by atoms with Crippen molar-refractivity contribution in [1.29, 1.82) is 0 Å². The Bertz CT molecular complexity index is 1020. The summed E-state index contributed by atoms with van der Waals surface area (Å²) in [4.78, 5) is 15.9. The molecule has 0 N–H and O–H groups in total. The average Bonchev–Trinajstić information content (AvgIpc) is 3.13. The maximum absolute atomic E-state index is 11.9. The van der Waals surface area contributed by atoms with Gasteiger partial charge in [0.15, 0.2) is 6.10 Å². The van der Waals surface area contributed by atoms with Crippen LogP contribution in [0.4, 0.5) is 0 Å². The second-order valence-corrected chi connectivity index (χ2v) is 6.95. The molecule has 0 bridgehead atoms. The van der Waals surface area contributed by atoms with E-state index in [4.69, 9.17) is 9.47 Å². The van der Waals surface area contributed by atoms with Crippen molar-refractivity contribution in [2.45, 2.75) is 39.3 Å². The molecule has 3 aromatic rings. The van der Waals surface area contributed by atoms with E-state index in [1.54, 1.807) is 0 Å². The number of hydrogen-bond acceptors (Lipinski definition) is 4. The zero-order valence-electron chi connectivity index (χ0n) is 16.2. The topological polar surface area (TPSA) is 53.4 Å². The molecule has 5 heteroatoms. The second-order valence-electron chi connectivity index (χ2n) is 6.95. The van der Waals surface area contributed by atoms with Crippen molar-refractivity contribution in [1.82, 2.24) is 9.55 Å². The molecule has 0 amide bonds. The fourth-order valence-corrected chi connectivity index (χ4v) is 3.51. The second kappa shape index (κ2) is 7.89. The smallest absolute Gasteiger partial charge is 0.300 e. The molecule has 1 atom stereocenters. The summed E-state index contributed by atoms with van der Waals surface area (Å²) in [5.74, 6) is 0.800. The van der Waals surface area contributed by atoms with Crippen molar-refractivity contribution >= 4 is 0 Å². The maximum Gasteiger partial charge on any atom is 0.300 e. The lowest BCUT2D eigenvalue weighted by Crippen LogP contribution is -2.23. The van der Waals surface area contributed by atoms with Crippen LogP contribution >= 0.6 is 0 Å². The van der Waals surface area contributed by atoms with Crippen LogP contribution in [0.2, 0.25) is 0 Å². The SMILES string of the molecule is CCc1ccccc1-c1ccc(OC[C@@H]2Cn3cc(CC)c(=O)nc3O2)cc1. The molecule has 5 nitrogen and oxygen atoms in total. The number of nitrogens with zero attached hydrogens (tertiary/aromatic N) is 2. The van der Waals surface area contributed by atoms with Gasteiger partial charge in [0.25, 0.3) is 11.6 Å². The molecule has 0 saturated carbocycles. The molecule has 0 unspecified atom stereocenters. The first-order chi connectivity index (χ1) is 13.7. The van der Waals surface area contributed by atoms with Gasteiger partial charge in [-0.15, -0.1) is 0 Å². The molecule has 0 spiro atoms. The zero-order chi connectivity index (χ0) is 19.5. The lowest BCUT2D eigenvalue weighted by Gasteiger charge is -2.12. The molecule has 2 heterocycles. The number of benzene rings is 2. The number of fused-ring (bicyclic) bond motifs is 1. The van der Waals surface area contributed by atoms with Crippen LogP contribution in [0.25, 0.3) is 11.1 Å². The van der Waals surface area contributed by atoms with Crippen molar-refractivity contribution < 1.29 is 9.47 Å². The van der Waals surface area contributed by atoms with Crippen LogP contribution in [0, 0.1) is 0 Å². The van der Waals surface area contributed by atoms with Gasteiger partial charge in [0.1, 0.15) is 12.4 Å². The van der Waals surface area contributed by atoms with Gasteiger partial charge in [-0.25, -0.2) is 0 Å². The first-order valence-electron chi connectivity index (χ1n) is 9.76. The largest absolute Gasteiger partial charge is 0.490 e. The highest BCUT2D eigenvalue weighted by Gasteiger charge is 2.24. The Kier molecular flexibility index (Phi) is 5.15. The molecule has 1 aliphatic rings. The van der Waals surface area contributed by atoms with E-state index in [1.165, 1.54) is 16.7 Å². The van der Waals surface area contributed by atoms with Gasteiger partial charge in [0, 0.05) is 11.8 Å². The van der Waals surface area contributed by atoms with Gasteiger partial charge in [-0.3, -0.25) is 9.36 Å². The molecule has 0 saturated heterocycles. The highest BCUT2D eigenvalue weighted by atomic mass is 16.6. The van der Waals surface area contributed by atoms with Crippen LogP contribution < -0.4 is 15.0 Å². The highest BCUT2D eigenvalue weighted by molar-refractivity contribution is 5.67. The van der Waals surface area contributed by atoms with Crippen LogP contribution in [-0.4, -0.2) is 22.3 Å². The molecule has 0 fully saturated rings. The molecule has 0 aliphatic carbocycles. The minimum absolute atomic E-state index is 0.153. The molecule has 28 heavy (non-hydrogen) atoms. The van der Waals surface area contributed by atoms with Crippen LogP contribution in [0.15, 0.2) is 59.5 Å². The number of ether oxygens (including phenoxy) is 2. The predicted molar refractivity (Wildman–Crippen MR) is 109 cm³/mol. The quantitative estimate of drug-likeness (QED) is 0.655. The van der Waals surface area contributed by atoms with Gasteiger partial charge in [0.05, 0.1) is 6.54 Å². The van der Waals surface area contributed by atoms with E-state index >= 15 is 0 Å². The van der Waals surface area contributed by atoms with Gasteiger partial charge in [0.2, 0.25) is 0 Å². The Hall–Kier alpha value is -3.08. The Balaban J connectivity index is 1.40. The third-order valence-electron chi connectivity index (χ3n) is 5.08. The van der Waals surface area contributed by atoms with E-state index in [0.717, 1.165) is 12.2 Å². The first-order valence-corrected chi connectivity index (χ1v) is 9.76. The van der Waals surface area contributed by atoms with Gasteiger partial charge < -0.3 is 9.47 Å². The van der Waals surface area contributed by atoms with Crippen molar-refractivity contribution in [2.24, 2.45) is 0 Å². The fraction of sp³-hybridized carbons (Fsp3) is 0.304. The van der Waals surface area contributed by atoms with Crippen molar-refractivity contribution in [3.63, 3.8) is 0 Å². The molecule has 0 radical (unpaired) electrons. The molecule has 1 aromatic heterocycles. The molecule has 1 aliphatic heterocycles. The van der Waals surface area contributed by atoms with Gasteiger partial charge in [-0.05, 0) is 41.7 Å². The summed E-state index contributed by atoms with van der Waals surface area (Å²) in [6, 6.07) is 17.0. The lowest BCUT2D eigenvalue weighted by molar-refractivity contribution is 0.143. The van der Waals surface area contributed by atoms with E-state index in [0.29, 0.717) is 31.1 Å². The van der Waals surface area contributed by atoms with Crippen molar-refractivity contribution in [3.05, 3.63) is 76.2 Å². The first kappa shape index (κ1) is 18.3. The van der Waals surface area contributed by atoms with E-state index < -0.39 is 0 Å². The number of aromatic nitrogens is 2. The Morgan fingerprint density at radius 2 is 1.82 bits per heavy atom. The molecular weight excluding hydrogens is 352 g/mol. The van der Waals surface area contributed by atoms with E-state index in [-0.39, 0.29) is 11.7 Å². The van der Waals surface area contributed by atoms with Gasteiger partial charge in [-0.1, -0.05) is 50.2 Å². The fourth-order valence-electron chi connectivity index (χ4n) is 3.51. The highest BCUT2D eigenvalue weighted by Crippen LogP contribution is 2.26. The standard InChI is InChI=1S/C23H24N2O3/c1-3-16-7-5-6-8-21(16)18-9-11-19(12-10-18)27-15-20-14-25-13-17(4-2)22(26)24-23(25)28-20/h5-13,20H,3-4,14-15H2,1-2H3/t20-/m0/s1. The lowest BCUT2D eigenvalue weighted by atomic mass is 9.98. The normalized spacial score (nSPS) is 15.1. The van der Waals surface area contributed by atoms with E-state index in [2.05, 4.69) is 48.3 Å². The Morgan fingerprint density at radius 1 is 1.07 bits per heavy atom. The summed E-state index contributed by atoms with van der Waals surface area (Å²) in [5, 5.41) is 0. The molecular formula is C23H24N2O3. The summed E-state index contributed by atoms with van der Waals surface area (Å²) in [5.41, 5.74) is 4.27. The zero-order valence-corrected chi connectivity index (χ0v) is 16.2. The number of rotatable bonds is 6. The summed E-state index contributed by atoms with van der Waals surface area (Å²) < 4.78 is 13.6. The van der Waals surface area contributed by atoms with E-state index in [9.17, 15) is 4.79 Å². The van der Waals surface area contributed by atoms with Crippen molar-refractivity contribution in [2.75, 3.05) is 6.61 Å². The van der Waals surface area contributed by atoms with Crippen LogP contribution in [0.5, 0.6) is 11.8 Å². The molecule has 4 rings (SSSR count). The Labute approximate surface area is 164 Å². The predicted octanol–water partition coefficient (Wildman–Crippen LogP) is 3.88. The van der Waals surface area contributed by atoms with Crippen LogP contribution in [-0.2, 0) is 19.4 Å². The van der Waals surface area contributed by atoms with Gasteiger partial charge in [-0.2, -0.15) is 4.98 Å². The third kappa shape index (κ3) is 3.65. The summed E-state index contributed by atoms with van der Waals surface area (Å²) in [6.07, 6.45) is 3.36. The molecule has 144 valence electrons. The summed E-state index contributed by atoms with van der Waals surface area (Å²) >= 11 is 0. The maximum atomic E-state index is 11.9. The van der Waals surface area contributed by atoms with Crippen LogP contribution in [0.3, 0.4) is 0 Å². The number of hydrogen-bond donors (Lipinski definition) is 0. The molecule has 2 aromatic carbocycles. The third-order valence-corrected chi connectivity index (χ3v) is 5.08. The van der Waals surface area contributed by atoms with Gasteiger partial charge >= 0.3 is 0 Å². The van der Waals surface area contributed by atoms with Crippen molar-refractivity contribution in [3.8, 4) is 22.9 Å². The van der Waals surface area contributed by atoms with Crippen LogP contribution in [0.1, 0.15) is 25.0 Å². The summed E-state index contributed by atoms with van der Waals surface area (Å²) in [7, 11) is 0. The Morgan fingerprint density at radius 3 is 2.57 bits per heavy atom. The van der Waals surface area contributed by atoms with E-state index in [1.807, 2.05) is 29.8 Å². The minimum Gasteiger partial charge on any atom is -0.490 e.